The van der Waals surface area contributed by atoms with E-state index in [2.05, 4.69) is 16.8 Å². The molecule has 0 aromatic rings. The first-order chi connectivity index (χ1) is 17.0. The minimum Gasteiger partial charge on any atom is -0.392 e. The second-order valence-electron chi connectivity index (χ2n) is 14.1. The topological polar surface area (TPSA) is 99.1 Å². The summed E-state index contributed by atoms with van der Waals surface area (Å²) in [4.78, 5) is 30.2. The summed E-state index contributed by atoms with van der Waals surface area (Å²) in [6, 6.07) is -0.621. The maximum Gasteiger partial charge on any atom is 0.234 e. The van der Waals surface area contributed by atoms with E-state index in [0.717, 1.165) is 31.5 Å². The maximum atomic E-state index is 14.6. The molecular weight excluding hydrogens is 468 g/mol. The number of rotatable bonds is 4. The molecule has 5 aliphatic rings. The highest BCUT2D eigenvalue weighted by Crippen LogP contribution is 2.87. The number of hydrogen-bond acceptors (Lipinski definition) is 6. The van der Waals surface area contributed by atoms with Crippen LogP contribution in [0.5, 0.6) is 0 Å². The number of Topliss-reactive ketones (excluding diaryl/α,β-unsaturated/α-hetero) is 1. The fourth-order valence-electron chi connectivity index (χ4n) is 9.96. The molecule has 0 bridgehead atoms. The van der Waals surface area contributed by atoms with E-state index < -0.39 is 50.6 Å². The molecule has 0 aromatic heterocycles. The van der Waals surface area contributed by atoms with Crippen LogP contribution in [0.25, 0.3) is 0 Å². The first-order valence-corrected chi connectivity index (χ1v) is 14.0. The maximum absolute atomic E-state index is 14.6. The summed E-state index contributed by atoms with van der Waals surface area (Å²) in [6.07, 6.45) is 6.59. The van der Waals surface area contributed by atoms with Gasteiger partial charge in [0.2, 0.25) is 5.91 Å². The first kappa shape index (κ1) is 27.0. The minimum absolute atomic E-state index is 0.0221. The number of amides is 1. The Kier molecular flexibility index (Phi) is 5.68. The normalized spacial score (nSPS) is 48.1. The third kappa shape index (κ3) is 2.87. The van der Waals surface area contributed by atoms with E-state index in [0.29, 0.717) is 6.54 Å². The van der Waals surface area contributed by atoms with E-state index in [1.807, 2.05) is 54.5 Å². The summed E-state index contributed by atoms with van der Waals surface area (Å²) in [7, 11) is 0. The van der Waals surface area contributed by atoms with E-state index in [1.165, 1.54) is 6.42 Å². The Morgan fingerprint density at radius 3 is 2.38 bits per heavy atom. The number of ether oxygens (including phenoxy) is 1. The molecule has 3 N–H and O–H groups in total. The summed E-state index contributed by atoms with van der Waals surface area (Å²) in [5, 5.41) is 26.9. The summed E-state index contributed by atoms with van der Waals surface area (Å²) in [5.41, 5.74) is -6.22. The number of aliphatic hydroxyl groups excluding tert-OH is 1. The Hall–Kier alpha value is -1.54. The number of nitrogens with zero attached hydrogens (tertiary/aromatic N) is 1. The predicted molar refractivity (Wildman–Crippen MR) is 142 cm³/mol. The highest BCUT2D eigenvalue weighted by atomic mass is 16.5. The molecule has 2 heterocycles. The number of ketones is 1. The number of hydrogen-bond donors (Lipinski definition) is 3. The number of nitrogens with one attached hydrogen (secondary N) is 1. The number of aliphatic hydroxyl groups is 2. The fraction of sp³-hybridized carbons (Fsp3) is 0.800. The molecule has 2 aliphatic heterocycles. The lowest BCUT2D eigenvalue weighted by Crippen LogP contribution is -2.95. The average Bonchev–Trinajstić information content (AvgIpc) is 2.79. The zero-order valence-electron chi connectivity index (χ0n) is 23.7. The van der Waals surface area contributed by atoms with E-state index in [9.17, 15) is 19.8 Å². The van der Waals surface area contributed by atoms with Gasteiger partial charge in [0.05, 0.1) is 35.3 Å². The Bertz CT molecular complexity index is 1080. The van der Waals surface area contributed by atoms with Crippen molar-refractivity contribution in [1.82, 2.24) is 10.2 Å². The fourth-order valence-corrected chi connectivity index (χ4v) is 9.96. The second-order valence-corrected chi connectivity index (χ2v) is 14.1. The van der Waals surface area contributed by atoms with Gasteiger partial charge in [-0.25, -0.2) is 0 Å². The van der Waals surface area contributed by atoms with Crippen LogP contribution in [-0.2, 0) is 14.3 Å². The molecule has 37 heavy (non-hydrogen) atoms. The lowest BCUT2D eigenvalue weighted by atomic mass is 9.18. The van der Waals surface area contributed by atoms with E-state index in [4.69, 9.17) is 4.74 Å². The van der Waals surface area contributed by atoms with Gasteiger partial charge in [0.15, 0.2) is 0 Å². The zero-order chi connectivity index (χ0) is 27.4. The molecule has 7 nitrogen and oxygen atoms in total. The van der Waals surface area contributed by atoms with Crippen molar-refractivity contribution in [3.05, 3.63) is 24.3 Å². The van der Waals surface area contributed by atoms with Gasteiger partial charge in [-0.1, -0.05) is 58.8 Å². The molecule has 2 saturated carbocycles. The second kappa shape index (κ2) is 7.77. The van der Waals surface area contributed by atoms with Crippen LogP contribution in [0.1, 0.15) is 80.6 Å². The van der Waals surface area contributed by atoms with Crippen LogP contribution in [0.4, 0.5) is 0 Å². The molecule has 7 heteroatoms. The molecule has 0 aromatic carbocycles. The molecular formula is C30H46N2O5. The number of carbonyl (C=O) groups excluding carboxylic acids is 2. The van der Waals surface area contributed by atoms with Gasteiger partial charge in [0, 0.05) is 29.1 Å². The van der Waals surface area contributed by atoms with Crippen molar-refractivity contribution in [3.63, 3.8) is 0 Å². The quantitative estimate of drug-likeness (QED) is 0.499. The van der Waals surface area contributed by atoms with Crippen LogP contribution in [0, 0.1) is 21.7 Å². The van der Waals surface area contributed by atoms with E-state index in [1.54, 1.807) is 6.08 Å². The van der Waals surface area contributed by atoms with Crippen LogP contribution in [0.15, 0.2) is 24.3 Å². The Morgan fingerprint density at radius 1 is 1.16 bits per heavy atom. The molecule has 1 spiro atoms. The highest BCUT2D eigenvalue weighted by molar-refractivity contribution is 5.94. The molecule has 2 saturated heterocycles. The van der Waals surface area contributed by atoms with Crippen molar-refractivity contribution in [2.24, 2.45) is 21.7 Å². The number of likely N-dealkylation sites (tertiary alicyclic amines) is 1. The van der Waals surface area contributed by atoms with Gasteiger partial charge in [-0.3, -0.25) is 14.5 Å². The van der Waals surface area contributed by atoms with Gasteiger partial charge < -0.3 is 20.3 Å². The van der Waals surface area contributed by atoms with Crippen LogP contribution in [0.3, 0.4) is 0 Å². The molecule has 5 rings (SSSR count). The van der Waals surface area contributed by atoms with Crippen molar-refractivity contribution in [1.29, 1.82) is 0 Å². The van der Waals surface area contributed by atoms with Gasteiger partial charge in [-0.15, -0.1) is 6.58 Å². The van der Waals surface area contributed by atoms with Crippen molar-refractivity contribution in [2.45, 2.75) is 110 Å². The average molecular weight is 515 g/mol. The lowest BCUT2D eigenvalue weighted by Gasteiger charge is -2.86. The first-order valence-electron chi connectivity index (χ1n) is 14.0. The SMILES string of the molecule is C=C[C@@]1(C)CC(=O)[C@@]23C(C)(C)C4(O)CC(O)C(C)(C)C(=C[C@H](NC(=O)CN5CCCCC5)[C@@]2(C)O1)[C@]43C. The van der Waals surface area contributed by atoms with Gasteiger partial charge in [-0.05, 0) is 39.8 Å². The Balaban J connectivity index is 1.69. The molecule has 4 fully saturated rings. The molecule has 0 radical (unpaired) electrons. The number of carbonyl (C=O) groups is 2. The third-order valence-electron chi connectivity index (χ3n) is 11.7. The van der Waals surface area contributed by atoms with Crippen molar-refractivity contribution >= 4 is 11.7 Å². The van der Waals surface area contributed by atoms with Gasteiger partial charge >= 0.3 is 0 Å². The molecule has 3 aliphatic carbocycles. The summed E-state index contributed by atoms with van der Waals surface area (Å²) < 4.78 is 6.93. The van der Waals surface area contributed by atoms with Gasteiger partial charge in [0.25, 0.3) is 0 Å². The van der Waals surface area contributed by atoms with Gasteiger partial charge in [0.1, 0.15) is 11.4 Å². The highest BCUT2D eigenvalue weighted by Gasteiger charge is 2.94. The zero-order valence-corrected chi connectivity index (χ0v) is 23.7. The van der Waals surface area contributed by atoms with Gasteiger partial charge in [-0.2, -0.15) is 0 Å². The molecule has 1 amide bonds. The van der Waals surface area contributed by atoms with Crippen molar-refractivity contribution < 1.29 is 24.5 Å². The van der Waals surface area contributed by atoms with E-state index in [-0.39, 0.29) is 24.5 Å². The Labute approximate surface area is 221 Å². The molecule has 2 unspecified atom stereocenters. The number of piperidine rings is 1. The van der Waals surface area contributed by atoms with Crippen LogP contribution in [-0.4, -0.2) is 75.4 Å². The van der Waals surface area contributed by atoms with Crippen LogP contribution in [0.2, 0.25) is 0 Å². The summed E-state index contributed by atoms with van der Waals surface area (Å²) in [5.74, 6) is -0.0823. The minimum atomic E-state index is -1.31. The smallest absolute Gasteiger partial charge is 0.234 e. The summed E-state index contributed by atoms with van der Waals surface area (Å²) >= 11 is 0. The standard InChI is InChI=1S/C30H46N2O5/c1-9-26(6)16-22(34)30-25(4,5)29(36)17-21(33)24(2,3)19(27(29,30)7)15-20(28(30,8)37-26)31-23(35)18-32-13-11-10-12-14-32/h9,15,20-21,33,36H,1,10-14,16-18H2,2-8H3,(H,31,35)/t20-,21?,26-,27+,28+,29?,30-/m0/s1. The van der Waals surface area contributed by atoms with Crippen molar-refractivity contribution in [3.8, 4) is 0 Å². The lowest BCUT2D eigenvalue weighted by molar-refractivity contribution is -0.417. The van der Waals surface area contributed by atoms with Crippen molar-refractivity contribution in [2.75, 3.05) is 19.6 Å². The van der Waals surface area contributed by atoms with Crippen LogP contribution >= 0.6 is 0 Å². The monoisotopic (exact) mass is 514 g/mol. The third-order valence-corrected chi connectivity index (χ3v) is 11.7. The molecule has 206 valence electrons. The van der Waals surface area contributed by atoms with Crippen LogP contribution < -0.4 is 5.32 Å². The largest absolute Gasteiger partial charge is 0.392 e. The molecule has 7 atom stereocenters. The Morgan fingerprint density at radius 2 is 1.78 bits per heavy atom. The summed E-state index contributed by atoms with van der Waals surface area (Å²) in [6.45, 7) is 19.7. The van der Waals surface area contributed by atoms with E-state index >= 15 is 0 Å². The predicted octanol–water partition coefficient (Wildman–Crippen LogP) is 3.14.